The predicted octanol–water partition coefficient (Wildman–Crippen LogP) is 3.06. The number of piperidine rings is 1. The van der Waals surface area contributed by atoms with E-state index in [1.807, 2.05) is 48.3 Å². The van der Waals surface area contributed by atoms with Gasteiger partial charge in [-0.25, -0.2) is 9.97 Å². The Hall–Kier alpha value is -3.20. The van der Waals surface area contributed by atoms with Crippen LogP contribution in [0.4, 0.5) is 5.82 Å². The molecule has 6 rings (SSSR count). The van der Waals surface area contributed by atoms with E-state index >= 15 is 0 Å². The van der Waals surface area contributed by atoms with Crippen LogP contribution in [0.3, 0.4) is 0 Å². The second-order valence-electron chi connectivity index (χ2n) is 9.36. The molecule has 0 unspecified atom stereocenters. The Morgan fingerprint density at radius 3 is 2.47 bits per heavy atom. The van der Waals surface area contributed by atoms with Crippen molar-refractivity contribution in [2.24, 2.45) is 7.05 Å². The van der Waals surface area contributed by atoms with Crippen LogP contribution >= 0.6 is 0 Å². The molecule has 2 aliphatic heterocycles. The molecule has 32 heavy (non-hydrogen) atoms. The summed E-state index contributed by atoms with van der Waals surface area (Å²) in [5.74, 6) is 2.57. The number of aryl methyl sites for hydroxylation is 3. The Morgan fingerprint density at radius 2 is 1.84 bits per heavy atom. The van der Waals surface area contributed by atoms with Crippen LogP contribution in [0.2, 0.25) is 0 Å². The van der Waals surface area contributed by atoms with E-state index in [0.717, 1.165) is 52.8 Å². The molecule has 1 N–H and O–H groups in total. The third-order valence-electron chi connectivity index (χ3n) is 7.19. The summed E-state index contributed by atoms with van der Waals surface area (Å²) < 4.78 is 9.14. The van der Waals surface area contributed by atoms with Crippen LogP contribution in [-0.4, -0.2) is 46.5 Å². The van der Waals surface area contributed by atoms with Gasteiger partial charge in [0.25, 0.3) is 0 Å². The fourth-order valence-corrected chi connectivity index (χ4v) is 5.67. The van der Waals surface area contributed by atoms with E-state index < -0.39 is 5.60 Å². The molecule has 0 amide bonds. The molecule has 2 atom stereocenters. The first kappa shape index (κ1) is 19.5. The van der Waals surface area contributed by atoms with Gasteiger partial charge in [-0.15, -0.1) is 0 Å². The van der Waals surface area contributed by atoms with E-state index in [1.54, 1.807) is 6.20 Å². The van der Waals surface area contributed by atoms with Crippen LogP contribution in [0.25, 0.3) is 17.0 Å². The summed E-state index contributed by atoms with van der Waals surface area (Å²) >= 11 is 0. The largest absolute Gasteiger partial charge is 0.382 e. The molecule has 2 fully saturated rings. The summed E-state index contributed by atoms with van der Waals surface area (Å²) in [4.78, 5) is 11.7. The molecule has 0 saturated carbocycles. The average Bonchev–Trinajstić information content (AvgIpc) is 3.51. The Bertz CT molecular complexity index is 1320. The van der Waals surface area contributed by atoms with Crippen LogP contribution in [0.15, 0.2) is 29.0 Å². The lowest BCUT2D eigenvalue weighted by atomic mass is 9.85. The highest BCUT2D eigenvalue weighted by molar-refractivity contribution is 5.65. The maximum absolute atomic E-state index is 11.6. The van der Waals surface area contributed by atoms with Crippen LogP contribution in [0, 0.1) is 20.8 Å². The van der Waals surface area contributed by atoms with Crippen molar-refractivity contribution in [2.45, 2.75) is 64.1 Å². The number of nitrogens with zero attached hydrogens (tertiary/aromatic N) is 7. The first-order valence-electron chi connectivity index (χ1n) is 11.1. The Kier molecular flexibility index (Phi) is 4.05. The summed E-state index contributed by atoms with van der Waals surface area (Å²) in [6, 6.07) is 4.27. The topological polar surface area (TPSA) is 97.5 Å². The Labute approximate surface area is 185 Å². The fraction of sp³-hybridized carbons (Fsp3) is 0.478. The SMILES string of the molecule is Cc1cc(-c2cc3nc(C)c(C)c(N4[C@@H]5CC[C@@H]4CC(O)(c4nccn4C)C5)n3n2)no1. The van der Waals surface area contributed by atoms with E-state index in [1.165, 1.54) is 0 Å². The van der Waals surface area contributed by atoms with Gasteiger partial charge in [0.15, 0.2) is 5.65 Å². The summed E-state index contributed by atoms with van der Waals surface area (Å²) in [5, 5.41) is 20.6. The van der Waals surface area contributed by atoms with Crippen molar-refractivity contribution in [3.8, 4) is 11.4 Å². The Balaban J connectivity index is 1.45. The number of imidazole rings is 1. The second kappa shape index (κ2) is 6.65. The van der Waals surface area contributed by atoms with Gasteiger partial charge < -0.3 is 19.1 Å². The molecular weight excluding hydrogens is 406 g/mol. The van der Waals surface area contributed by atoms with Crippen LogP contribution < -0.4 is 4.90 Å². The van der Waals surface area contributed by atoms with Gasteiger partial charge in [0.1, 0.15) is 34.4 Å². The zero-order chi connectivity index (χ0) is 22.2. The molecule has 2 aliphatic rings. The normalized spacial score (nSPS) is 25.2. The van der Waals surface area contributed by atoms with Crippen molar-refractivity contribution in [2.75, 3.05) is 4.90 Å². The summed E-state index contributed by atoms with van der Waals surface area (Å²) in [7, 11) is 1.95. The number of aliphatic hydroxyl groups is 1. The monoisotopic (exact) mass is 433 g/mol. The van der Waals surface area contributed by atoms with Crippen molar-refractivity contribution in [1.29, 1.82) is 0 Å². The quantitative estimate of drug-likeness (QED) is 0.530. The molecule has 9 heteroatoms. The number of hydrogen-bond acceptors (Lipinski definition) is 7. The van der Waals surface area contributed by atoms with Gasteiger partial charge >= 0.3 is 0 Å². The molecule has 0 radical (unpaired) electrons. The van der Waals surface area contributed by atoms with Crippen LogP contribution in [0.1, 0.15) is 48.5 Å². The lowest BCUT2D eigenvalue weighted by Crippen LogP contribution is -2.51. The molecule has 0 aliphatic carbocycles. The molecule has 6 heterocycles. The molecule has 4 aromatic rings. The molecule has 0 spiro atoms. The van der Waals surface area contributed by atoms with Gasteiger partial charge in [0.05, 0.1) is 0 Å². The van der Waals surface area contributed by atoms with Gasteiger partial charge in [0.2, 0.25) is 0 Å². The first-order chi connectivity index (χ1) is 15.3. The van der Waals surface area contributed by atoms with Crippen molar-refractivity contribution in [3.05, 3.63) is 47.4 Å². The standard InChI is InChI=1S/C23H27N7O2/c1-13-9-19(27-32-13)18-10-20-25-15(3)14(2)21(30(20)26-18)29-16-5-6-17(29)12-23(31,11-16)22-24-7-8-28(22)4/h7-10,16-17,31H,5-6,11-12H2,1-4H3/t16-,17-/m1/s1. The minimum atomic E-state index is -0.913. The Morgan fingerprint density at radius 1 is 1.09 bits per heavy atom. The van der Waals surface area contributed by atoms with Gasteiger partial charge in [-0.2, -0.15) is 9.61 Å². The maximum atomic E-state index is 11.6. The van der Waals surface area contributed by atoms with Gasteiger partial charge in [-0.1, -0.05) is 5.16 Å². The summed E-state index contributed by atoms with van der Waals surface area (Å²) in [5.41, 5.74) is 3.43. The van der Waals surface area contributed by atoms with Crippen molar-refractivity contribution in [3.63, 3.8) is 0 Å². The molecule has 4 aromatic heterocycles. The lowest BCUT2D eigenvalue weighted by molar-refractivity contribution is -0.0137. The number of fused-ring (bicyclic) bond motifs is 3. The summed E-state index contributed by atoms with van der Waals surface area (Å²) in [6.45, 7) is 6.03. The predicted molar refractivity (Wildman–Crippen MR) is 118 cm³/mol. The lowest BCUT2D eigenvalue weighted by Gasteiger charge is -2.44. The van der Waals surface area contributed by atoms with Gasteiger partial charge in [-0.05, 0) is 33.6 Å². The van der Waals surface area contributed by atoms with Crippen molar-refractivity contribution >= 4 is 11.5 Å². The van der Waals surface area contributed by atoms with Crippen molar-refractivity contribution in [1.82, 2.24) is 29.3 Å². The van der Waals surface area contributed by atoms with E-state index in [2.05, 4.69) is 22.0 Å². The average molecular weight is 434 g/mol. The van der Waals surface area contributed by atoms with Crippen LogP contribution in [-0.2, 0) is 12.6 Å². The highest BCUT2D eigenvalue weighted by Gasteiger charge is 2.51. The second-order valence-corrected chi connectivity index (χ2v) is 9.36. The zero-order valence-electron chi connectivity index (χ0n) is 18.8. The number of rotatable bonds is 3. The van der Waals surface area contributed by atoms with E-state index in [4.69, 9.17) is 14.6 Å². The number of hydrogen-bond donors (Lipinski definition) is 1. The smallest absolute Gasteiger partial charge is 0.158 e. The maximum Gasteiger partial charge on any atom is 0.158 e. The molecular formula is C23H27N7O2. The molecule has 2 saturated heterocycles. The summed E-state index contributed by atoms with van der Waals surface area (Å²) in [6.07, 6.45) is 7.03. The van der Waals surface area contributed by atoms with E-state index in [0.29, 0.717) is 18.5 Å². The third kappa shape index (κ3) is 2.73. The first-order valence-corrected chi connectivity index (χ1v) is 11.1. The fourth-order valence-electron chi connectivity index (χ4n) is 5.67. The van der Waals surface area contributed by atoms with E-state index in [-0.39, 0.29) is 12.1 Å². The van der Waals surface area contributed by atoms with Gasteiger partial charge in [0, 0.05) is 67.8 Å². The zero-order valence-corrected chi connectivity index (χ0v) is 18.8. The molecule has 2 bridgehead atoms. The highest BCUT2D eigenvalue weighted by atomic mass is 16.5. The minimum Gasteiger partial charge on any atom is -0.382 e. The third-order valence-corrected chi connectivity index (χ3v) is 7.19. The number of anilines is 1. The van der Waals surface area contributed by atoms with Crippen molar-refractivity contribution < 1.29 is 9.63 Å². The molecule has 166 valence electrons. The molecule has 0 aromatic carbocycles. The number of aromatic nitrogens is 6. The molecule has 9 nitrogen and oxygen atoms in total. The minimum absolute atomic E-state index is 0.209. The highest BCUT2D eigenvalue weighted by Crippen LogP contribution is 2.48. The van der Waals surface area contributed by atoms with E-state index in [9.17, 15) is 5.11 Å². The van der Waals surface area contributed by atoms with Crippen LogP contribution in [0.5, 0.6) is 0 Å². The van der Waals surface area contributed by atoms with Gasteiger partial charge in [-0.3, -0.25) is 0 Å².